The molecule has 0 radical (unpaired) electrons. The minimum atomic E-state index is -0.985. The van der Waals surface area contributed by atoms with Crippen molar-refractivity contribution >= 4 is 11.9 Å². The van der Waals surface area contributed by atoms with Gasteiger partial charge in [0, 0.05) is 13.5 Å². The molecule has 1 rings (SSSR count). The second kappa shape index (κ2) is 5.16. The molecular formula is C11H15N3O2. The summed E-state index contributed by atoms with van der Waals surface area (Å²) in [7, 11) is 1.50. The monoisotopic (exact) mass is 221 g/mol. The molecule has 0 heterocycles. The second-order valence-electron chi connectivity index (χ2n) is 3.54. The number of carbonyl (C=O) groups is 1. The number of guanidine groups is 1. The number of hydrogen-bond acceptors (Lipinski definition) is 2. The molecule has 16 heavy (non-hydrogen) atoms. The summed E-state index contributed by atoms with van der Waals surface area (Å²) in [4.78, 5) is 12.3. The normalized spacial score (nSPS) is 11.8. The van der Waals surface area contributed by atoms with Gasteiger partial charge in [-0.25, -0.2) is 4.79 Å². The quantitative estimate of drug-likeness (QED) is 0.510. The lowest BCUT2D eigenvalue weighted by molar-refractivity contribution is -0.141. The molecule has 0 aliphatic heterocycles. The number of rotatable bonds is 4. The molecule has 0 aromatic heterocycles. The Kier molecular flexibility index (Phi) is 3.88. The Hall–Kier alpha value is -2.04. The molecule has 0 bridgehead atoms. The van der Waals surface area contributed by atoms with Crippen molar-refractivity contribution < 1.29 is 9.90 Å². The molecule has 1 atom stereocenters. The summed E-state index contributed by atoms with van der Waals surface area (Å²) in [6.07, 6.45) is 0.326. The van der Waals surface area contributed by atoms with E-state index in [2.05, 4.69) is 0 Å². The van der Waals surface area contributed by atoms with Crippen LogP contribution in [-0.4, -0.2) is 35.0 Å². The highest BCUT2D eigenvalue weighted by Crippen LogP contribution is 2.07. The Labute approximate surface area is 94.0 Å². The number of hydrogen-bond donors (Lipinski definition) is 3. The molecule has 0 saturated heterocycles. The smallest absolute Gasteiger partial charge is 0.326 e. The molecule has 1 aromatic rings. The summed E-state index contributed by atoms with van der Waals surface area (Å²) in [5.74, 6) is -1.23. The molecule has 5 heteroatoms. The molecule has 0 aliphatic carbocycles. The summed E-state index contributed by atoms with van der Waals surface area (Å²) in [5.41, 5.74) is 6.18. The van der Waals surface area contributed by atoms with Crippen LogP contribution in [0.2, 0.25) is 0 Å². The third-order valence-electron chi connectivity index (χ3n) is 2.40. The van der Waals surface area contributed by atoms with Crippen LogP contribution in [0.25, 0.3) is 0 Å². The molecule has 0 saturated carbocycles. The summed E-state index contributed by atoms with van der Waals surface area (Å²) in [5, 5.41) is 16.3. The van der Waals surface area contributed by atoms with E-state index in [1.54, 1.807) is 0 Å². The Balaban J connectivity index is 2.81. The fourth-order valence-electron chi connectivity index (χ4n) is 1.40. The van der Waals surface area contributed by atoms with E-state index in [1.807, 2.05) is 30.3 Å². The molecule has 0 amide bonds. The van der Waals surface area contributed by atoms with Crippen LogP contribution >= 0.6 is 0 Å². The first-order valence-corrected chi connectivity index (χ1v) is 4.86. The van der Waals surface area contributed by atoms with Crippen molar-refractivity contribution in [2.75, 3.05) is 7.05 Å². The van der Waals surface area contributed by atoms with E-state index >= 15 is 0 Å². The standard InChI is InChI=1S/C11H15N3O2/c1-14(11(12)13)9(10(15)16)7-8-5-3-2-4-6-8/h2-6,9H,7H2,1H3,(H3,12,13)(H,15,16). The number of carboxylic acid groups (broad SMARTS) is 1. The van der Waals surface area contributed by atoms with E-state index in [4.69, 9.17) is 16.2 Å². The third-order valence-corrected chi connectivity index (χ3v) is 2.40. The largest absolute Gasteiger partial charge is 0.480 e. The SMILES string of the molecule is CN(C(=N)N)C(Cc1ccccc1)C(=O)O. The first kappa shape index (κ1) is 12.0. The van der Waals surface area contributed by atoms with Crippen molar-refractivity contribution in [3.8, 4) is 0 Å². The molecule has 5 nitrogen and oxygen atoms in total. The van der Waals surface area contributed by atoms with Crippen molar-refractivity contribution in [1.29, 1.82) is 5.41 Å². The number of benzene rings is 1. The fourth-order valence-corrected chi connectivity index (χ4v) is 1.40. The molecule has 0 spiro atoms. The topological polar surface area (TPSA) is 90.4 Å². The summed E-state index contributed by atoms with van der Waals surface area (Å²) in [6.45, 7) is 0. The predicted octanol–water partition coefficient (Wildman–Crippen LogP) is 0.508. The first-order valence-electron chi connectivity index (χ1n) is 4.86. The molecule has 4 N–H and O–H groups in total. The number of likely N-dealkylation sites (N-methyl/N-ethyl adjacent to an activating group) is 1. The van der Waals surface area contributed by atoms with Crippen LogP contribution < -0.4 is 5.73 Å². The maximum absolute atomic E-state index is 11.1. The zero-order valence-electron chi connectivity index (χ0n) is 9.05. The Bertz CT molecular complexity index is 378. The van der Waals surface area contributed by atoms with E-state index < -0.39 is 12.0 Å². The van der Waals surface area contributed by atoms with Crippen LogP contribution in [0.15, 0.2) is 30.3 Å². The first-order chi connectivity index (χ1) is 7.52. The zero-order chi connectivity index (χ0) is 12.1. The number of nitrogens with two attached hydrogens (primary N) is 1. The van der Waals surface area contributed by atoms with Crippen LogP contribution in [-0.2, 0) is 11.2 Å². The Morgan fingerprint density at radius 3 is 2.50 bits per heavy atom. The van der Waals surface area contributed by atoms with E-state index in [0.717, 1.165) is 5.56 Å². The maximum Gasteiger partial charge on any atom is 0.326 e. The van der Waals surface area contributed by atoms with Gasteiger partial charge in [0.1, 0.15) is 6.04 Å². The fraction of sp³-hybridized carbons (Fsp3) is 0.273. The summed E-state index contributed by atoms with van der Waals surface area (Å²) < 4.78 is 0. The Morgan fingerprint density at radius 1 is 1.50 bits per heavy atom. The van der Waals surface area contributed by atoms with Gasteiger partial charge in [-0.3, -0.25) is 5.41 Å². The average Bonchev–Trinajstić information content (AvgIpc) is 2.26. The number of nitrogens with one attached hydrogen (secondary N) is 1. The van der Waals surface area contributed by atoms with Crippen LogP contribution in [0.4, 0.5) is 0 Å². The van der Waals surface area contributed by atoms with Gasteiger partial charge >= 0.3 is 5.97 Å². The van der Waals surface area contributed by atoms with Crippen molar-refractivity contribution in [2.45, 2.75) is 12.5 Å². The van der Waals surface area contributed by atoms with Crippen LogP contribution in [0.3, 0.4) is 0 Å². The van der Waals surface area contributed by atoms with E-state index in [-0.39, 0.29) is 5.96 Å². The Morgan fingerprint density at radius 2 is 2.06 bits per heavy atom. The lowest BCUT2D eigenvalue weighted by Crippen LogP contribution is -2.46. The van der Waals surface area contributed by atoms with E-state index in [9.17, 15) is 4.79 Å². The van der Waals surface area contributed by atoms with Gasteiger partial charge in [0.05, 0.1) is 0 Å². The molecule has 1 unspecified atom stereocenters. The molecule has 86 valence electrons. The lowest BCUT2D eigenvalue weighted by Gasteiger charge is -2.24. The van der Waals surface area contributed by atoms with Gasteiger partial charge in [0.2, 0.25) is 0 Å². The highest BCUT2D eigenvalue weighted by Gasteiger charge is 2.23. The number of carboxylic acids is 1. The van der Waals surface area contributed by atoms with E-state index in [0.29, 0.717) is 6.42 Å². The highest BCUT2D eigenvalue weighted by atomic mass is 16.4. The van der Waals surface area contributed by atoms with Gasteiger partial charge in [0.25, 0.3) is 0 Å². The minimum Gasteiger partial charge on any atom is -0.480 e. The summed E-state index contributed by atoms with van der Waals surface area (Å²) >= 11 is 0. The minimum absolute atomic E-state index is 0.247. The van der Waals surface area contributed by atoms with Crippen molar-refractivity contribution in [2.24, 2.45) is 5.73 Å². The van der Waals surface area contributed by atoms with E-state index in [1.165, 1.54) is 11.9 Å². The molecular weight excluding hydrogens is 206 g/mol. The van der Waals surface area contributed by atoms with Crippen molar-refractivity contribution in [3.05, 3.63) is 35.9 Å². The van der Waals surface area contributed by atoms with Gasteiger partial charge in [0.15, 0.2) is 5.96 Å². The second-order valence-corrected chi connectivity index (χ2v) is 3.54. The van der Waals surface area contributed by atoms with Crippen LogP contribution in [0.1, 0.15) is 5.56 Å². The van der Waals surface area contributed by atoms with Gasteiger partial charge in [-0.1, -0.05) is 30.3 Å². The third kappa shape index (κ3) is 2.98. The highest BCUT2D eigenvalue weighted by molar-refractivity contribution is 5.82. The van der Waals surface area contributed by atoms with Gasteiger partial charge in [-0.05, 0) is 5.56 Å². The van der Waals surface area contributed by atoms with Crippen molar-refractivity contribution in [1.82, 2.24) is 4.90 Å². The lowest BCUT2D eigenvalue weighted by atomic mass is 10.1. The van der Waals surface area contributed by atoms with Gasteiger partial charge in [-0.2, -0.15) is 0 Å². The predicted molar refractivity (Wildman–Crippen MR) is 61.2 cm³/mol. The molecule has 0 aliphatic rings. The maximum atomic E-state index is 11.1. The molecule has 1 aromatic carbocycles. The van der Waals surface area contributed by atoms with Crippen LogP contribution in [0.5, 0.6) is 0 Å². The van der Waals surface area contributed by atoms with Crippen molar-refractivity contribution in [3.63, 3.8) is 0 Å². The number of aliphatic carboxylic acids is 1. The number of nitrogens with zero attached hydrogens (tertiary/aromatic N) is 1. The van der Waals surface area contributed by atoms with Gasteiger partial charge in [-0.15, -0.1) is 0 Å². The zero-order valence-corrected chi connectivity index (χ0v) is 9.05. The van der Waals surface area contributed by atoms with Crippen LogP contribution in [0, 0.1) is 5.41 Å². The average molecular weight is 221 g/mol. The van der Waals surface area contributed by atoms with Gasteiger partial charge < -0.3 is 15.7 Å². The molecule has 0 fully saturated rings. The summed E-state index contributed by atoms with van der Waals surface area (Å²) in [6, 6.07) is 8.46.